The fourth-order valence-electron chi connectivity index (χ4n) is 5.30. The Bertz CT molecular complexity index is 762. The Balaban J connectivity index is 1.52. The first kappa shape index (κ1) is 25.7. The Hall–Kier alpha value is -1.96. The summed E-state index contributed by atoms with van der Waals surface area (Å²) in [5.74, 6) is 2.23. The van der Waals surface area contributed by atoms with Crippen LogP contribution >= 0.6 is 0 Å². The highest BCUT2D eigenvalue weighted by atomic mass is 16.5. The van der Waals surface area contributed by atoms with Crippen molar-refractivity contribution in [1.82, 2.24) is 25.7 Å². The van der Waals surface area contributed by atoms with Crippen LogP contribution in [-0.4, -0.2) is 52.5 Å². The predicted octanol–water partition coefficient (Wildman–Crippen LogP) is 3.56. The maximum absolute atomic E-state index is 12.6. The molecule has 1 saturated carbocycles. The summed E-state index contributed by atoms with van der Waals surface area (Å²) in [5, 5.41) is 10.4. The highest BCUT2D eigenvalue weighted by Crippen LogP contribution is 2.34. The molecule has 2 fully saturated rings. The molecule has 1 aromatic rings. The molecule has 0 aromatic carbocycles. The van der Waals surface area contributed by atoms with Gasteiger partial charge in [-0.2, -0.15) is 4.98 Å². The molecule has 2 N–H and O–H groups in total. The molecule has 1 saturated heterocycles. The molecule has 0 spiro atoms. The molecule has 33 heavy (non-hydrogen) atoms. The summed E-state index contributed by atoms with van der Waals surface area (Å²) in [5.41, 5.74) is -0.553. The van der Waals surface area contributed by atoms with Gasteiger partial charge in [-0.15, -0.1) is 0 Å². The van der Waals surface area contributed by atoms with E-state index in [1.807, 2.05) is 0 Å². The summed E-state index contributed by atoms with van der Waals surface area (Å²) in [4.78, 5) is 31.6. The van der Waals surface area contributed by atoms with Gasteiger partial charge < -0.3 is 15.2 Å². The van der Waals surface area contributed by atoms with Crippen molar-refractivity contribution in [1.29, 1.82) is 0 Å². The number of amides is 2. The number of hydrogen-bond donors (Lipinski definition) is 2. The molecule has 1 atom stereocenters. The van der Waals surface area contributed by atoms with Crippen molar-refractivity contribution < 1.29 is 14.1 Å². The van der Waals surface area contributed by atoms with E-state index in [1.54, 1.807) is 0 Å². The Kier molecular flexibility index (Phi) is 9.29. The Labute approximate surface area is 198 Å². The Morgan fingerprint density at radius 1 is 1.15 bits per heavy atom. The maximum atomic E-state index is 12.6. The molecule has 2 heterocycles. The molecule has 186 valence electrons. The number of likely N-dealkylation sites (tertiary alicyclic amines) is 1. The van der Waals surface area contributed by atoms with Gasteiger partial charge in [0, 0.05) is 32.4 Å². The fraction of sp³-hybridized carbons (Fsp3) is 0.840. The van der Waals surface area contributed by atoms with Crippen molar-refractivity contribution in [3.05, 3.63) is 11.7 Å². The van der Waals surface area contributed by atoms with Crippen LogP contribution in [-0.2, 0) is 21.5 Å². The second-order valence-corrected chi connectivity index (χ2v) is 10.5. The molecule has 1 unspecified atom stereocenters. The average Bonchev–Trinajstić information content (AvgIpc) is 3.13. The van der Waals surface area contributed by atoms with E-state index >= 15 is 0 Å². The SMILES string of the molecule is CC(=O)NC1(c2noc(CCC(=O)NCC(C(C)C)N3CCC(C)CC3)n2)CCCCCC1. The van der Waals surface area contributed by atoms with E-state index in [-0.39, 0.29) is 11.8 Å². The lowest BCUT2D eigenvalue weighted by Gasteiger charge is -2.38. The van der Waals surface area contributed by atoms with Gasteiger partial charge in [0.1, 0.15) is 5.54 Å². The van der Waals surface area contributed by atoms with Gasteiger partial charge in [0.25, 0.3) is 0 Å². The van der Waals surface area contributed by atoms with Crippen LogP contribution in [0, 0.1) is 11.8 Å². The van der Waals surface area contributed by atoms with E-state index in [2.05, 4.69) is 46.4 Å². The number of aryl methyl sites for hydroxylation is 1. The van der Waals surface area contributed by atoms with Crippen molar-refractivity contribution in [2.45, 2.75) is 103 Å². The molecule has 0 bridgehead atoms. The summed E-state index contributed by atoms with van der Waals surface area (Å²) in [6.07, 6.45) is 9.18. The van der Waals surface area contributed by atoms with Crippen molar-refractivity contribution in [2.24, 2.45) is 11.8 Å². The molecule has 2 aliphatic rings. The van der Waals surface area contributed by atoms with Crippen LogP contribution in [0.1, 0.15) is 97.2 Å². The first-order chi connectivity index (χ1) is 15.8. The summed E-state index contributed by atoms with van der Waals surface area (Å²) >= 11 is 0. The third kappa shape index (κ3) is 7.26. The normalized spacial score (nSPS) is 20.9. The average molecular weight is 462 g/mol. The second kappa shape index (κ2) is 12.0. The lowest BCUT2D eigenvalue weighted by Crippen LogP contribution is -2.49. The number of hydrogen-bond acceptors (Lipinski definition) is 6. The Morgan fingerprint density at radius 2 is 1.82 bits per heavy atom. The molecule has 8 heteroatoms. The van der Waals surface area contributed by atoms with Gasteiger partial charge in [-0.05, 0) is 50.6 Å². The highest BCUT2D eigenvalue weighted by molar-refractivity contribution is 5.76. The number of nitrogens with one attached hydrogen (secondary N) is 2. The summed E-state index contributed by atoms with van der Waals surface area (Å²) in [7, 11) is 0. The van der Waals surface area contributed by atoms with Crippen molar-refractivity contribution in [2.75, 3.05) is 19.6 Å². The van der Waals surface area contributed by atoms with Gasteiger partial charge in [-0.3, -0.25) is 14.5 Å². The lowest BCUT2D eigenvalue weighted by molar-refractivity contribution is -0.122. The first-order valence-corrected chi connectivity index (χ1v) is 12.9. The summed E-state index contributed by atoms with van der Waals surface area (Å²) < 4.78 is 5.48. The number of aromatic nitrogens is 2. The molecular formula is C25H43N5O3. The monoisotopic (exact) mass is 461 g/mol. The molecule has 1 aliphatic carbocycles. The van der Waals surface area contributed by atoms with Crippen molar-refractivity contribution in [3.63, 3.8) is 0 Å². The van der Waals surface area contributed by atoms with Crippen LogP contribution in [0.3, 0.4) is 0 Å². The van der Waals surface area contributed by atoms with Gasteiger partial charge in [-0.25, -0.2) is 0 Å². The zero-order valence-electron chi connectivity index (χ0n) is 21.0. The minimum absolute atomic E-state index is 0.0109. The number of carbonyl (C=O) groups excluding carboxylic acids is 2. The lowest BCUT2D eigenvalue weighted by atomic mass is 9.89. The van der Waals surface area contributed by atoms with Crippen LogP contribution < -0.4 is 10.6 Å². The fourth-order valence-corrected chi connectivity index (χ4v) is 5.30. The van der Waals surface area contributed by atoms with E-state index in [1.165, 1.54) is 19.8 Å². The standard InChI is InChI=1S/C25H43N5O3/c1-18(2)21(30-15-11-19(3)12-16-30)17-26-22(32)9-10-23-27-24(29-33-23)25(28-20(4)31)13-7-5-6-8-14-25/h18-19,21H,5-17H2,1-4H3,(H,26,32)(H,28,31). The van der Waals surface area contributed by atoms with Crippen molar-refractivity contribution in [3.8, 4) is 0 Å². The minimum Gasteiger partial charge on any atom is -0.355 e. The smallest absolute Gasteiger partial charge is 0.227 e. The number of nitrogens with zero attached hydrogens (tertiary/aromatic N) is 3. The molecule has 1 aliphatic heterocycles. The maximum Gasteiger partial charge on any atom is 0.227 e. The van der Waals surface area contributed by atoms with Gasteiger partial charge in [0.05, 0.1) is 0 Å². The molecule has 3 rings (SSSR count). The molecule has 1 aromatic heterocycles. The predicted molar refractivity (Wildman–Crippen MR) is 127 cm³/mol. The van der Waals surface area contributed by atoms with Gasteiger partial charge in [-0.1, -0.05) is 51.6 Å². The molecule has 0 radical (unpaired) electrons. The van der Waals surface area contributed by atoms with E-state index < -0.39 is 5.54 Å². The molecular weight excluding hydrogens is 418 g/mol. The molecule has 8 nitrogen and oxygen atoms in total. The third-order valence-electron chi connectivity index (χ3n) is 7.40. The van der Waals surface area contributed by atoms with E-state index in [9.17, 15) is 9.59 Å². The van der Waals surface area contributed by atoms with Crippen LogP contribution in [0.4, 0.5) is 0 Å². The minimum atomic E-state index is -0.553. The topological polar surface area (TPSA) is 100 Å². The van der Waals surface area contributed by atoms with Crippen LogP contribution in [0.25, 0.3) is 0 Å². The Morgan fingerprint density at radius 3 is 2.42 bits per heavy atom. The highest BCUT2D eigenvalue weighted by Gasteiger charge is 2.38. The first-order valence-electron chi connectivity index (χ1n) is 12.9. The number of rotatable bonds is 9. The zero-order valence-corrected chi connectivity index (χ0v) is 21.0. The second-order valence-electron chi connectivity index (χ2n) is 10.5. The third-order valence-corrected chi connectivity index (χ3v) is 7.40. The van der Waals surface area contributed by atoms with E-state index in [0.29, 0.717) is 43.1 Å². The summed E-state index contributed by atoms with van der Waals surface area (Å²) in [6, 6.07) is 0.365. The van der Waals surface area contributed by atoms with Crippen LogP contribution in [0.5, 0.6) is 0 Å². The molecule has 2 amide bonds. The van der Waals surface area contributed by atoms with Gasteiger partial charge in [0.2, 0.25) is 17.7 Å². The van der Waals surface area contributed by atoms with Crippen molar-refractivity contribution >= 4 is 11.8 Å². The van der Waals surface area contributed by atoms with E-state index in [0.717, 1.165) is 57.5 Å². The van der Waals surface area contributed by atoms with Crippen LogP contribution in [0.15, 0.2) is 4.52 Å². The number of piperidine rings is 1. The zero-order chi connectivity index (χ0) is 23.8. The largest absolute Gasteiger partial charge is 0.355 e. The van der Waals surface area contributed by atoms with Gasteiger partial charge in [0.15, 0.2) is 5.82 Å². The van der Waals surface area contributed by atoms with Gasteiger partial charge >= 0.3 is 0 Å². The summed E-state index contributed by atoms with van der Waals surface area (Å²) in [6.45, 7) is 11.2. The quantitative estimate of drug-likeness (QED) is 0.546. The van der Waals surface area contributed by atoms with E-state index in [4.69, 9.17) is 4.52 Å². The van der Waals surface area contributed by atoms with Crippen LogP contribution in [0.2, 0.25) is 0 Å². The number of carbonyl (C=O) groups is 2.